The molecule has 1 aliphatic heterocycles. The standard InChI is InChI=1S/C16H15N5O2/c22-16(19-12-3-4-15-18-6-7-21(15)10-12)13-8-14(23-20-13)11-2-1-5-17-9-11/h1-2,5-9,12H,3-4,10H2,(H,19,22)/t12-/m0/s1. The third-order valence-electron chi connectivity index (χ3n) is 3.96. The maximum absolute atomic E-state index is 12.3. The molecule has 0 saturated heterocycles. The van der Waals surface area contributed by atoms with Crippen LogP contribution >= 0.6 is 0 Å². The van der Waals surface area contributed by atoms with Crippen molar-refractivity contribution in [3.63, 3.8) is 0 Å². The fourth-order valence-electron chi connectivity index (χ4n) is 2.77. The summed E-state index contributed by atoms with van der Waals surface area (Å²) in [5.74, 6) is 1.37. The van der Waals surface area contributed by atoms with Gasteiger partial charge in [-0.15, -0.1) is 0 Å². The van der Waals surface area contributed by atoms with Gasteiger partial charge in [-0.1, -0.05) is 5.16 Å². The molecule has 116 valence electrons. The van der Waals surface area contributed by atoms with Gasteiger partial charge in [-0.2, -0.15) is 0 Å². The molecule has 0 bridgehead atoms. The predicted molar refractivity (Wildman–Crippen MR) is 81.5 cm³/mol. The van der Waals surface area contributed by atoms with Crippen molar-refractivity contribution in [3.05, 3.63) is 54.5 Å². The molecule has 7 nitrogen and oxygen atoms in total. The topological polar surface area (TPSA) is 85.8 Å². The van der Waals surface area contributed by atoms with E-state index in [1.165, 1.54) is 0 Å². The van der Waals surface area contributed by atoms with Crippen LogP contribution in [0.15, 0.2) is 47.5 Å². The molecule has 0 aliphatic carbocycles. The lowest BCUT2D eigenvalue weighted by atomic mass is 10.1. The van der Waals surface area contributed by atoms with Gasteiger partial charge in [-0.3, -0.25) is 9.78 Å². The number of fused-ring (bicyclic) bond motifs is 1. The summed E-state index contributed by atoms with van der Waals surface area (Å²) in [6.07, 6.45) is 8.81. The Morgan fingerprint density at radius 3 is 3.22 bits per heavy atom. The van der Waals surface area contributed by atoms with Crippen LogP contribution in [0.2, 0.25) is 0 Å². The number of carbonyl (C=O) groups excluding carboxylic acids is 1. The summed E-state index contributed by atoms with van der Waals surface area (Å²) >= 11 is 0. The van der Waals surface area contributed by atoms with Crippen LogP contribution in [-0.4, -0.2) is 31.6 Å². The lowest BCUT2D eigenvalue weighted by molar-refractivity contribution is 0.0918. The fraction of sp³-hybridized carbons (Fsp3) is 0.250. The second-order valence-electron chi connectivity index (χ2n) is 5.52. The molecular weight excluding hydrogens is 294 g/mol. The van der Waals surface area contributed by atoms with Gasteiger partial charge in [0.1, 0.15) is 5.82 Å². The van der Waals surface area contributed by atoms with Crippen molar-refractivity contribution in [3.8, 4) is 11.3 Å². The zero-order valence-corrected chi connectivity index (χ0v) is 12.3. The number of aryl methyl sites for hydroxylation is 1. The first-order valence-corrected chi connectivity index (χ1v) is 7.47. The number of hydrogen-bond acceptors (Lipinski definition) is 5. The lowest BCUT2D eigenvalue weighted by Crippen LogP contribution is -2.41. The van der Waals surface area contributed by atoms with E-state index in [1.807, 2.05) is 18.3 Å². The minimum absolute atomic E-state index is 0.0720. The first-order valence-electron chi connectivity index (χ1n) is 7.47. The van der Waals surface area contributed by atoms with Crippen LogP contribution in [0.3, 0.4) is 0 Å². The van der Waals surface area contributed by atoms with E-state index in [4.69, 9.17) is 4.52 Å². The Balaban J connectivity index is 1.45. The summed E-state index contributed by atoms with van der Waals surface area (Å²) in [6.45, 7) is 0.731. The van der Waals surface area contributed by atoms with E-state index in [0.717, 1.165) is 30.8 Å². The second-order valence-corrected chi connectivity index (χ2v) is 5.52. The van der Waals surface area contributed by atoms with Gasteiger partial charge in [0.05, 0.1) is 0 Å². The molecule has 0 fully saturated rings. The maximum atomic E-state index is 12.3. The van der Waals surface area contributed by atoms with Crippen molar-refractivity contribution in [1.82, 2.24) is 25.0 Å². The third-order valence-corrected chi connectivity index (χ3v) is 3.96. The minimum atomic E-state index is -0.225. The number of aromatic nitrogens is 4. The van der Waals surface area contributed by atoms with Crippen LogP contribution < -0.4 is 5.32 Å². The number of amides is 1. The lowest BCUT2D eigenvalue weighted by Gasteiger charge is -2.24. The maximum Gasteiger partial charge on any atom is 0.273 e. The van der Waals surface area contributed by atoms with E-state index in [2.05, 4.69) is 25.0 Å². The van der Waals surface area contributed by atoms with Crippen LogP contribution in [0.5, 0.6) is 0 Å². The number of nitrogens with one attached hydrogen (secondary N) is 1. The molecule has 1 amide bonds. The van der Waals surface area contributed by atoms with Crippen LogP contribution in [0.1, 0.15) is 22.7 Å². The van der Waals surface area contributed by atoms with Crippen molar-refractivity contribution in [2.24, 2.45) is 0 Å². The van der Waals surface area contributed by atoms with Gasteiger partial charge in [0.25, 0.3) is 5.91 Å². The van der Waals surface area contributed by atoms with Gasteiger partial charge >= 0.3 is 0 Å². The van der Waals surface area contributed by atoms with Gasteiger partial charge in [0.15, 0.2) is 11.5 Å². The summed E-state index contributed by atoms with van der Waals surface area (Å²) in [4.78, 5) is 20.6. The SMILES string of the molecule is O=C(N[C@H]1CCc2nccn2C1)c1cc(-c2cccnc2)on1. The first-order chi connectivity index (χ1) is 11.3. The van der Waals surface area contributed by atoms with Gasteiger partial charge < -0.3 is 14.4 Å². The molecule has 0 aromatic carbocycles. The highest BCUT2D eigenvalue weighted by Crippen LogP contribution is 2.19. The Morgan fingerprint density at radius 2 is 2.35 bits per heavy atom. The molecule has 23 heavy (non-hydrogen) atoms. The highest BCUT2D eigenvalue weighted by atomic mass is 16.5. The number of nitrogens with zero attached hydrogens (tertiary/aromatic N) is 4. The molecule has 1 aliphatic rings. The Morgan fingerprint density at radius 1 is 1.39 bits per heavy atom. The van der Waals surface area contributed by atoms with Crippen LogP contribution in [0.4, 0.5) is 0 Å². The first kappa shape index (κ1) is 13.7. The summed E-state index contributed by atoms with van der Waals surface area (Å²) < 4.78 is 7.31. The highest BCUT2D eigenvalue weighted by molar-refractivity contribution is 5.93. The second kappa shape index (κ2) is 5.68. The summed E-state index contributed by atoms with van der Waals surface area (Å²) in [7, 11) is 0. The van der Waals surface area contributed by atoms with Crippen molar-refractivity contribution >= 4 is 5.91 Å². The van der Waals surface area contributed by atoms with Crippen LogP contribution in [-0.2, 0) is 13.0 Å². The molecule has 0 saturated carbocycles. The summed E-state index contributed by atoms with van der Waals surface area (Å²) in [6, 6.07) is 5.37. The van der Waals surface area contributed by atoms with E-state index in [1.54, 1.807) is 24.7 Å². The molecule has 1 atom stereocenters. The average Bonchev–Trinajstić information content (AvgIpc) is 3.24. The molecule has 4 rings (SSSR count). The molecule has 1 N–H and O–H groups in total. The summed E-state index contributed by atoms with van der Waals surface area (Å²) in [5, 5.41) is 6.86. The third kappa shape index (κ3) is 2.73. The zero-order valence-electron chi connectivity index (χ0n) is 12.3. The normalized spacial score (nSPS) is 16.8. The monoisotopic (exact) mass is 309 g/mol. The molecule has 0 unspecified atom stereocenters. The van der Waals surface area contributed by atoms with Crippen LogP contribution in [0.25, 0.3) is 11.3 Å². The van der Waals surface area contributed by atoms with E-state index >= 15 is 0 Å². The smallest absolute Gasteiger partial charge is 0.273 e. The van der Waals surface area contributed by atoms with Gasteiger partial charge in [0, 0.05) is 55.4 Å². The van der Waals surface area contributed by atoms with Gasteiger partial charge in [0.2, 0.25) is 0 Å². The molecule has 3 aromatic heterocycles. The quantitative estimate of drug-likeness (QED) is 0.795. The zero-order chi connectivity index (χ0) is 15.6. The Bertz CT molecular complexity index is 824. The number of carbonyl (C=O) groups is 1. The molecule has 0 radical (unpaired) electrons. The number of imidazole rings is 1. The largest absolute Gasteiger partial charge is 0.355 e. The van der Waals surface area contributed by atoms with Crippen molar-refractivity contribution < 1.29 is 9.32 Å². The fourth-order valence-corrected chi connectivity index (χ4v) is 2.77. The average molecular weight is 309 g/mol. The van der Waals surface area contributed by atoms with Crippen molar-refractivity contribution in [1.29, 1.82) is 0 Å². The molecule has 7 heteroatoms. The molecule has 3 aromatic rings. The molecule has 4 heterocycles. The number of pyridine rings is 1. The van der Waals surface area contributed by atoms with Gasteiger partial charge in [-0.25, -0.2) is 4.98 Å². The predicted octanol–water partition coefficient (Wildman–Crippen LogP) is 1.68. The Kier molecular flexibility index (Phi) is 3.38. The Labute approximate surface area is 132 Å². The minimum Gasteiger partial charge on any atom is -0.355 e. The highest BCUT2D eigenvalue weighted by Gasteiger charge is 2.22. The van der Waals surface area contributed by atoms with E-state index < -0.39 is 0 Å². The van der Waals surface area contributed by atoms with E-state index in [0.29, 0.717) is 5.76 Å². The Hall–Kier alpha value is -2.96. The molecular formula is C16H15N5O2. The molecule has 0 spiro atoms. The van der Waals surface area contributed by atoms with Crippen molar-refractivity contribution in [2.75, 3.05) is 0 Å². The van der Waals surface area contributed by atoms with Crippen molar-refractivity contribution in [2.45, 2.75) is 25.4 Å². The number of hydrogen-bond donors (Lipinski definition) is 1. The van der Waals surface area contributed by atoms with E-state index in [-0.39, 0.29) is 17.6 Å². The summed E-state index contributed by atoms with van der Waals surface area (Å²) in [5.41, 5.74) is 1.07. The van der Waals surface area contributed by atoms with Crippen LogP contribution in [0, 0.1) is 0 Å². The van der Waals surface area contributed by atoms with Gasteiger partial charge in [-0.05, 0) is 18.6 Å². The number of rotatable bonds is 3. The van der Waals surface area contributed by atoms with E-state index in [9.17, 15) is 4.79 Å².